The third-order valence-electron chi connectivity index (χ3n) is 3.88. The first-order chi connectivity index (χ1) is 11.5. The van der Waals surface area contributed by atoms with E-state index < -0.39 is 0 Å². The lowest BCUT2D eigenvalue weighted by atomic mass is 9.99. The van der Waals surface area contributed by atoms with Crippen LogP contribution in [0.2, 0.25) is 0 Å². The number of urea groups is 1. The van der Waals surface area contributed by atoms with Crippen LogP contribution in [0.15, 0.2) is 36.7 Å². The summed E-state index contributed by atoms with van der Waals surface area (Å²) < 4.78 is 1.68. The summed E-state index contributed by atoms with van der Waals surface area (Å²) in [4.78, 5) is 13.9. The van der Waals surface area contributed by atoms with Gasteiger partial charge in [0.05, 0.1) is 12.7 Å². The first-order valence-electron chi connectivity index (χ1n) is 8.00. The van der Waals surface area contributed by atoms with E-state index in [1.165, 1.54) is 11.1 Å². The van der Waals surface area contributed by atoms with Crippen molar-refractivity contribution < 1.29 is 4.79 Å². The number of terminal acetylenes is 1. The quantitative estimate of drug-likeness (QED) is 0.831. The maximum Gasteiger partial charge on any atom is 0.317 e. The number of nitrogens with one attached hydrogen (secondary N) is 1. The molecule has 126 valence electrons. The van der Waals surface area contributed by atoms with Crippen molar-refractivity contribution in [1.82, 2.24) is 20.0 Å². The second kappa shape index (κ2) is 8.21. The van der Waals surface area contributed by atoms with E-state index in [2.05, 4.69) is 48.4 Å². The van der Waals surface area contributed by atoms with E-state index in [4.69, 9.17) is 6.42 Å². The Kier molecular flexibility index (Phi) is 6.02. The van der Waals surface area contributed by atoms with Crippen LogP contribution in [0.25, 0.3) is 0 Å². The van der Waals surface area contributed by atoms with Crippen LogP contribution < -0.4 is 5.32 Å². The minimum Gasteiger partial charge on any atom is -0.337 e. The average molecular weight is 324 g/mol. The molecule has 0 aliphatic heterocycles. The van der Waals surface area contributed by atoms with Crippen LogP contribution in [0, 0.1) is 19.3 Å². The fraction of sp³-hybridized carbons (Fsp3) is 0.368. The highest BCUT2D eigenvalue weighted by molar-refractivity contribution is 5.73. The number of hydrogen-bond donors (Lipinski definition) is 1. The van der Waals surface area contributed by atoms with Gasteiger partial charge in [-0.1, -0.05) is 42.7 Å². The lowest BCUT2D eigenvalue weighted by Gasteiger charge is -2.19. The summed E-state index contributed by atoms with van der Waals surface area (Å²) in [5.41, 5.74) is 3.41. The molecule has 0 unspecified atom stereocenters. The topological polar surface area (TPSA) is 50.2 Å². The molecule has 1 atom stereocenters. The van der Waals surface area contributed by atoms with E-state index in [-0.39, 0.29) is 11.9 Å². The molecule has 0 bridgehead atoms. The number of aryl methyl sites for hydroxylation is 1. The van der Waals surface area contributed by atoms with E-state index in [1.807, 2.05) is 12.3 Å². The minimum atomic E-state index is -0.0980. The largest absolute Gasteiger partial charge is 0.337 e. The first-order valence-corrected chi connectivity index (χ1v) is 8.00. The summed E-state index contributed by atoms with van der Waals surface area (Å²) in [5.74, 6) is 2.80. The molecule has 5 heteroatoms. The second-order valence-electron chi connectivity index (χ2n) is 6.11. The summed E-state index contributed by atoms with van der Waals surface area (Å²) >= 11 is 0. The minimum absolute atomic E-state index is 0.0980. The number of aromatic nitrogens is 2. The van der Waals surface area contributed by atoms with Gasteiger partial charge in [0.25, 0.3) is 0 Å². The van der Waals surface area contributed by atoms with E-state index in [1.54, 1.807) is 22.8 Å². The van der Waals surface area contributed by atoms with Gasteiger partial charge in [0.2, 0.25) is 0 Å². The smallest absolute Gasteiger partial charge is 0.317 e. The van der Waals surface area contributed by atoms with Crippen molar-refractivity contribution in [1.29, 1.82) is 0 Å². The fourth-order valence-electron chi connectivity index (χ4n) is 2.48. The van der Waals surface area contributed by atoms with Crippen molar-refractivity contribution in [2.45, 2.75) is 32.9 Å². The van der Waals surface area contributed by atoms with Gasteiger partial charge in [-0.15, -0.1) is 6.42 Å². The summed E-state index contributed by atoms with van der Waals surface area (Å²) in [6, 6.07) is 8.26. The normalized spacial score (nSPS) is 11.6. The molecule has 2 aromatic rings. The van der Waals surface area contributed by atoms with Crippen molar-refractivity contribution in [2.75, 3.05) is 13.6 Å². The van der Waals surface area contributed by atoms with E-state index in [0.29, 0.717) is 19.6 Å². The Morgan fingerprint density at radius 1 is 1.50 bits per heavy atom. The van der Waals surface area contributed by atoms with Crippen LogP contribution in [-0.4, -0.2) is 34.3 Å². The Morgan fingerprint density at radius 2 is 2.29 bits per heavy atom. The lowest BCUT2D eigenvalue weighted by molar-refractivity contribution is 0.206. The number of amides is 2. The summed E-state index contributed by atoms with van der Waals surface area (Å²) in [7, 11) is 1.77. The Bertz CT molecular complexity index is 729. The van der Waals surface area contributed by atoms with Gasteiger partial charge >= 0.3 is 6.03 Å². The number of carbonyl (C=O) groups excluding carboxylic acids is 1. The Balaban J connectivity index is 1.83. The molecule has 0 aliphatic carbocycles. The molecule has 2 amide bonds. The molecule has 1 aromatic carbocycles. The molecule has 2 rings (SSSR count). The zero-order valence-electron chi connectivity index (χ0n) is 14.5. The van der Waals surface area contributed by atoms with Crippen LogP contribution in [0.3, 0.4) is 0 Å². The standard InChI is InChI=1S/C19H24N4O/c1-5-9-23-14-17(12-21-23)13-22(4)19(24)20-11-16(3)18-8-6-7-15(2)10-18/h1,6-8,10,12,14,16H,9,11,13H2,2-4H3,(H,20,24)/t16-/m1/s1. The van der Waals surface area contributed by atoms with Crippen molar-refractivity contribution in [3.05, 3.63) is 53.3 Å². The van der Waals surface area contributed by atoms with E-state index in [9.17, 15) is 4.79 Å². The van der Waals surface area contributed by atoms with Gasteiger partial charge < -0.3 is 10.2 Å². The predicted molar refractivity (Wildman–Crippen MR) is 95.5 cm³/mol. The van der Waals surface area contributed by atoms with E-state index in [0.717, 1.165) is 5.56 Å². The van der Waals surface area contributed by atoms with Crippen molar-refractivity contribution in [3.63, 3.8) is 0 Å². The molecule has 5 nitrogen and oxygen atoms in total. The average Bonchev–Trinajstić information content (AvgIpc) is 2.99. The van der Waals surface area contributed by atoms with Gasteiger partial charge in [-0.25, -0.2) is 4.79 Å². The number of nitrogens with zero attached hydrogens (tertiary/aromatic N) is 3. The van der Waals surface area contributed by atoms with Gasteiger partial charge in [0.1, 0.15) is 6.54 Å². The zero-order chi connectivity index (χ0) is 17.5. The summed E-state index contributed by atoms with van der Waals surface area (Å²) in [6.45, 7) is 5.71. The highest BCUT2D eigenvalue weighted by Gasteiger charge is 2.12. The van der Waals surface area contributed by atoms with Gasteiger partial charge in [-0.05, 0) is 18.4 Å². The van der Waals surface area contributed by atoms with Crippen LogP contribution in [0.1, 0.15) is 29.5 Å². The third kappa shape index (κ3) is 4.88. The first kappa shape index (κ1) is 17.6. The summed E-state index contributed by atoms with van der Waals surface area (Å²) in [5, 5.41) is 7.14. The zero-order valence-corrected chi connectivity index (χ0v) is 14.5. The van der Waals surface area contributed by atoms with Crippen molar-refractivity contribution in [3.8, 4) is 12.3 Å². The molecule has 24 heavy (non-hydrogen) atoms. The Labute approximate surface area is 143 Å². The third-order valence-corrected chi connectivity index (χ3v) is 3.88. The fourth-order valence-corrected chi connectivity index (χ4v) is 2.48. The molecule has 1 N–H and O–H groups in total. The molecular formula is C19H24N4O. The number of carbonyl (C=O) groups is 1. The van der Waals surface area contributed by atoms with E-state index >= 15 is 0 Å². The molecule has 0 fully saturated rings. The predicted octanol–water partition coefficient (Wildman–Crippen LogP) is 2.77. The highest BCUT2D eigenvalue weighted by atomic mass is 16.2. The lowest BCUT2D eigenvalue weighted by Crippen LogP contribution is -2.38. The maximum absolute atomic E-state index is 12.2. The van der Waals surface area contributed by atoms with Crippen LogP contribution in [0.4, 0.5) is 4.79 Å². The number of hydrogen-bond acceptors (Lipinski definition) is 2. The number of benzene rings is 1. The number of rotatable bonds is 6. The maximum atomic E-state index is 12.2. The van der Waals surface area contributed by atoms with Gasteiger partial charge in [0, 0.05) is 25.4 Å². The van der Waals surface area contributed by atoms with Crippen LogP contribution in [-0.2, 0) is 13.1 Å². The SMILES string of the molecule is C#CCn1cc(CN(C)C(=O)NC[C@@H](C)c2cccc(C)c2)cn1. The van der Waals surface area contributed by atoms with Crippen LogP contribution in [0.5, 0.6) is 0 Å². The van der Waals surface area contributed by atoms with Gasteiger partial charge in [0.15, 0.2) is 0 Å². The van der Waals surface area contributed by atoms with Crippen molar-refractivity contribution >= 4 is 6.03 Å². The Hall–Kier alpha value is -2.74. The van der Waals surface area contributed by atoms with Gasteiger partial charge in [-0.3, -0.25) is 4.68 Å². The van der Waals surface area contributed by atoms with Crippen molar-refractivity contribution in [2.24, 2.45) is 0 Å². The molecule has 0 aliphatic rings. The molecule has 1 heterocycles. The van der Waals surface area contributed by atoms with Crippen LogP contribution >= 0.6 is 0 Å². The molecule has 0 saturated carbocycles. The summed E-state index contributed by atoms with van der Waals surface area (Å²) in [6.07, 6.45) is 8.85. The molecular weight excluding hydrogens is 300 g/mol. The van der Waals surface area contributed by atoms with Gasteiger partial charge in [-0.2, -0.15) is 5.10 Å². The molecule has 0 saturated heterocycles. The molecule has 0 spiro atoms. The highest BCUT2D eigenvalue weighted by Crippen LogP contribution is 2.15. The molecule has 1 aromatic heterocycles. The molecule has 0 radical (unpaired) electrons. The monoisotopic (exact) mass is 324 g/mol. The Morgan fingerprint density at radius 3 is 3.00 bits per heavy atom. The second-order valence-corrected chi connectivity index (χ2v) is 6.11.